The average molecular weight is 206 g/mol. The molecule has 0 spiro atoms. The third kappa shape index (κ3) is 426. The second kappa shape index (κ2) is 11.6. The minimum atomic E-state index is -4.64. The summed E-state index contributed by atoms with van der Waals surface area (Å²) in [6.45, 7) is 1.08. The zero-order valence-electron chi connectivity index (χ0n) is 4.55. The molecule has 0 aromatic carbocycles. The molecule has 0 aliphatic carbocycles. The monoisotopic (exact) mass is 206 g/mol. The number of hydrogen-bond acceptors (Lipinski definition) is 2. The van der Waals surface area contributed by atoms with Gasteiger partial charge in [0.15, 0.2) is 0 Å². The molecule has 0 amide bonds. The number of carboxylic acids is 1. The summed E-state index contributed by atoms with van der Waals surface area (Å²) < 4.78 is 8.88. The number of phosphoric acid groups is 1. The van der Waals surface area contributed by atoms with Crippen molar-refractivity contribution < 1.29 is 29.1 Å². The van der Waals surface area contributed by atoms with Gasteiger partial charge >= 0.3 is 66.9 Å². The fourth-order valence-corrected chi connectivity index (χ4v) is 0. The molecule has 60 valence electrons. The topological polar surface area (TPSA) is 115 Å². The summed E-state index contributed by atoms with van der Waals surface area (Å²) in [5, 5.41) is 7.42. The third-order valence-electron chi connectivity index (χ3n) is 0. The van der Waals surface area contributed by atoms with Gasteiger partial charge in [0, 0.05) is 6.92 Å². The molecule has 0 radical (unpaired) electrons. The molecule has 0 aromatic heterocycles. The summed E-state index contributed by atoms with van der Waals surface area (Å²) >= 11 is 0. The van der Waals surface area contributed by atoms with Crippen LogP contribution in [0.1, 0.15) is 6.92 Å². The number of aliphatic carboxylic acids is 1. The van der Waals surface area contributed by atoms with E-state index in [9.17, 15) is 0 Å². The molecule has 6 nitrogen and oxygen atoms in total. The van der Waals surface area contributed by atoms with Crippen molar-refractivity contribution >= 4 is 72.9 Å². The molecule has 0 bridgehead atoms. The Labute approximate surface area is 108 Å². The third-order valence-corrected chi connectivity index (χ3v) is 0. The summed E-state index contributed by atoms with van der Waals surface area (Å²) in [5.41, 5.74) is 0. The van der Waals surface area contributed by atoms with Crippen LogP contribution in [0.2, 0.25) is 0 Å². The maximum atomic E-state index is 9.00. The van der Waals surface area contributed by atoms with E-state index in [4.69, 9.17) is 29.1 Å². The van der Waals surface area contributed by atoms with Gasteiger partial charge in [-0.1, -0.05) is 0 Å². The molecule has 0 fully saturated rings. The van der Waals surface area contributed by atoms with Crippen LogP contribution in [0.3, 0.4) is 0 Å². The normalized spacial score (nSPS) is 7.64. The first-order valence-electron chi connectivity index (χ1n) is 1.71. The summed E-state index contributed by atoms with van der Waals surface area (Å²) in [4.78, 5) is 30.6. The Bertz CT molecular complexity index is 118. The molecule has 0 heterocycles. The van der Waals surface area contributed by atoms with Crippen LogP contribution in [0.4, 0.5) is 0 Å². The Balaban J connectivity index is -0.0000000383. The molecule has 0 unspecified atom stereocenters. The van der Waals surface area contributed by atoms with E-state index < -0.39 is 13.8 Å². The minimum absolute atomic E-state index is 0. The first-order chi connectivity index (χ1) is 3.73. The molecule has 0 atom stereocenters. The van der Waals surface area contributed by atoms with Crippen molar-refractivity contribution in [3.8, 4) is 0 Å². The molecule has 0 aromatic rings. The van der Waals surface area contributed by atoms with E-state index in [-0.39, 0.29) is 59.1 Å². The quantitative estimate of drug-likeness (QED) is 0.265. The van der Waals surface area contributed by atoms with Crippen molar-refractivity contribution in [1.29, 1.82) is 0 Å². The van der Waals surface area contributed by atoms with Gasteiger partial charge in [0.05, 0.1) is 0 Å². The molecular formula is C2H9Na2O6P. The van der Waals surface area contributed by atoms with Crippen LogP contribution in [0.15, 0.2) is 0 Å². The van der Waals surface area contributed by atoms with Gasteiger partial charge < -0.3 is 19.8 Å². The van der Waals surface area contributed by atoms with Crippen molar-refractivity contribution in [1.82, 2.24) is 0 Å². The average Bonchev–Trinajstić information content (AvgIpc) is 1.19. The molecule has 9 heteroatoms. The number of carbonyl (C=O) groups is 1. The van der Waals surface area contributed by atoms with Gasteiger partial charge in [-0.15, -0.1) is 0 Å². The Kier molecular flexibility index (Phi) is 24.1. The molecule has 0 saturated heterocycles. The van der Waals surface area contributed by atoms with Crippen molar-refractivity contribution in [2.75, 3.05) is 0 Å². The van der Waals surface area contributed by atoms with Gasteiger partial charge in [0.25, 0.3) is 5.97 Å². The molecule has 4 N–H and O–H groups in total. The molecule has 0 rings (SSSR count). The zero-order chi connectivity index (χ0) is 8.08. The first-order valence-corrected chi connectivity index (χ1v) is 3.28. The van der Waals surface area contributed by atoms with Crippen LogP contribution in [-0.2, 0) is 9.36 Å². The Hall–Kier alpha value is 1.58. The van der Waals surface area contributed by atoms with Crippen LogP contribution >= 0.6 is 7.82 Å². The number of carboxylic acid groups (broad SMARTS) is 1. The van der Waals surface area contributed by atoms with E-state index in [1.54, 1.807) is 0 Å². The van der Waals surface area contributed by atoms with Gasteiger partial charge in [-0.2, -0.15) is 0 Å². The molecule has 0 aliphatic rings. The first kappa shape index (κ1) is 22.9. The van der Waals surface area contributed by atoms with Gasteiger partial charge in [0.2, 0.25) is 0 Å². The van der Waals surface area contributed by atoms with E-state index in [0.717, 1.165) is 6.92 Å². The van der Waals surface area contributed by atoms with Crippen molar-refractivity contribution in [3.05, 3.63) is 0 Å². The van der Waals surface area contributed by atoms with Crippen LogP contribution in [0.25, 0.3) is 0 Å². The predicted octanol–water partition coefficient (Wildman–Crippen LogP) is -2.13. The summed E-state index contributed by atoms with van der Waals surface area (Å²) in [7, 11) is -4.64. The van der Waals surface area contributed by atoms with Crippen molar-refractivity contribution in [2.45, 2.75) is 6.92 Å². The van der Waals surface area contributed by atoms with Crippen LogP contribution < -0.4 is 0 Å². The predicted molar refractivity (Wildman–Crippen MR) is 41.9 cm³/mol. The van der Waals surface area contributed by atoms with Gasteiger partial charge in [-0.05, 0) is 0 Å². The van der Waals surface area contributed by atoms with Crippen LogP contribution in [-0.4, -0.2) is 84.9 Å². The summed E-state index contributed by atoms with van der Waals surface area (Å²) in [5.74, 6) is -0.833. The second-order valence-electron chi connectivity index (χ2n) is 1.03. The molecular weight excluding hydrogens is 197 g/mol. The Morgan fingerprint density at radius 1 is 1.18 bits per heavy atom. The van der Waals surface area contributed by atoms with E-state index in [0.29, 0.717) is 0 Å². The fraction of sp³-hybridized carbons (Fsp3) is 0.500. The van der Waals surface area contributed by atoms with Crippen LogP contribution in [0.5, 0.6) is 0 Å². The van der Waals surface area contributed by atoms with E-state index >= 15 is 0 Å². The molecule has 11 heavy (non-hydrogen) atoms. The fourth-order valence-electron chi connectivity index (χ4n) is 0. The van der Waals surface area contributed by atoms with Gasteiger partial charge in [-0.3, -0.25) is 4.79 Å². The number of rotatable bonds is 0. The molecule has 0 aliphatic heterocycles. The van der Waals surface area contributed by atoms with E-state index in [1.165, 1.54) is 0 Å². The van der Waals surface area contributed by atoms with Gasteiger partial charge in [-0.25, -0.2) is 4.57 Å². The number of hydrogen-bond donors (Lipinski definition) is 4. The standard InChI is InChI=1S/C2H4O2.2Na.H3O4P.2H/c1-2(3)4;;;1-5(2,3)4;;/h1H3,(H,3,4);;;(H3,1,2,3,4);;. The zero-order valence-corrected chi connectivity index (χ0v) is 5.45. The van der Waals surface area contributed by atoms with Crippen molar-refractivity contribution in [2.24, 2.45) is 0 Å². The maximum absolute atomic E-state index is 9.00. The Morgan fingerprint density at radius 2 is 1.18 bits per heavy atom. The van der Waals surface area contributed by atoms with Crippen molar-refractivity contribution in [3.63, 3.8) is 0 Å². The van der Waals surface area contributed by atoms with Crippen LogP contribution in [0, 0.1) is 0 Å². The van der Waals surface area contributed by atoms with E-state index in [2.05, 4.69) is 0 Å². The Morgan fingerprint density at radius 3 is 1.18 bits per heavy atom. The second-order valence-corrected chi connectivity index (χ2v) is 2.06. The van der Waals surface area contributed by atoms with E-state index in [1.807, 2.05) is 0 Å². The summed E-state index contributed by atoms with van der Waals surface area (Å²) in [6.07, 6.45) is 0. The summed E-state index contributed by atoms with van der Waals surface area (Å²) in [6, 6.07) is 0. The van der Waals surface area contributed by atoms with Gasteiger partial charge in [0.1, 0.15) is 0 Å². The molecule has 0 saturated carbocycles. The SMILES string of the molecule is CC(=O)O.O=P(O)(O)O.[NaH].[NaH].